The number of allylic oxidation sites excluding steroid dienone is 4. The lowest BCUT2D eigenvalue weighted by Crippen LogP contribution is -2.63. The molecule has 0 aromatic heterocycles. The number of rotatable bonds is 10. The average molecular weight is 590 g/mol. The van der Waals surface area contributed by atoms with Crippen molar-refractivity contribution in [3.05, 3.63) is 72.3 Å². The maximum atomic E-state index is 15.8. The predicted molar refractivity (Wildman–Crippen MR) is 167 cm³/mol. The third kappa shape index (κ3) is 7.33. The highest BCUT2D eigenvalue weighted by molar-refractivity contribution is 5.90. The van der Waals surface area contributed by atoms with Gasteiger partial charge in [0.15, 0.2) is 0 Å². The zero-order valence-corrected chi connectivity index (χ0v) is 25.2. The Balaban J connectivity index is 1.32. The van der Waals surface area contributed by atoms with Crippen LogP contribution in [0.4, 0.5) is 4.39 Å². The molecule has 2 heterocycles. The first-order valence-corrected chi connectivity index (χ1v) is 15.6. The zero-order chi connectivity index (χ0) is 30.4. The maximum absolute atomic E-state index is 15.8. The van der Waals surface area contributed by atoms with Crippen molar-refractivity contribution in [1.29, 1.82) is 0 Å². The normalized spacial score (nSPS) is 25.4. The molecule has 2 aromatic rings. The summed E-state index contributed by atoms with van der Waals surface area (Å²) >= 11 is 0. The highest BCUT2D eigenvalue weighted by Gasteiger charge is 2.41. The molecule has 0 bridgehead atoms. The molecule has 43 heavy (non-hydrogen) atoms. The number of fused-ring (bicyclic) bond motifs is 1. The van der Waals surface area contributed by atoms with E-state index >= 15 is 4.39 Å². The number of hydrogen-bond donors (Lipinski definition) is 3. The summed E-state index contributed by atoms with van der Waals surface area (Å²) in [5, 5.41) is 11.2. The Morgan fingerprint density at radius 1 is 1.12 bits per heavy atom. The summed E-state index contributed by atoms with van der Waals surface area (Å²) in [6.45, 7) is 4.19. The van der Waals surface area contributed by atoms with Gasteiger partial charge < -0.3 is 20.9 Å². The second-order valence-electron chi connectivity index (χ2n) is 12.0. The first-order chi connectivity index (χ1) is 20.8. The maximum Gasteiger partial charge on any atom is 0.245 e. The van der Waals surface area contributed by atoms with Crippen LogP contribution in [0.25, 0.3) is 10.8 Å². The van der Waals surface area contributed by atoms with Crippen LogP contribution >= 0.6 is 0 Å². The molecule has 5 rings (SSSR count). The largest absolute Gasteiger partial charge is 0.358 e. The number of likely N-dealkylation sites (N-methyl/N-ethyl adjacent to an activating group) is 1. The first kappa shape index (κ1) is 30.9. The Kier molecular flexibility index (Phi) is 9.93. The molecule has 1 aliphatic carbocycles. The van der Waals surface area contributed by atoms with E-state index in [-0.39, 0.29) is 42.6 Å². The van der Waals surface area contributed by atoms with Crippen LogP contribution in [-0.4, -0.2) is 90.6 Å². The van der Waals surface area contributed by atoms with Crippen LogP contribution < -0.4 is 16.0 Å². The van der Waals surface area contributed by atoms with E-state index in [0.717, 1.165) is 29.3 Å². The monoisotopic (exact) mass is 589 g/mol. The van der Waals surface area contributed by atoms with E-state index < -0.39 is 17.8 Å². The second-order valence-corrected chi connectivity index (χ2v) is 12.0. The topological polar surface area (TPSA) is 93.8 Å². The van der Waals surface area contributed by atoms with Crippen LogP contribution in [0.1, 0.15) is 44.6 Å². The summed E-state index contributed by atoms with van der Waals surface area (Å²) in [7, 11) is 1.65. The van der Waals surface area contributed by atoms with Crippen molar-refractivity contribution >= 4 is 28.5 Å². The summed E-state index contributed by atoms with van der Waals surface area (Å²) in [5.41, 5.74) is -0.635. The van der Waals surface area contributed by atoms with Gasteiger partial charge in [-0.25, -0.2) is 4.39 Å². The van der Waals surface area contributed by atoms with Crippen molar-refractivity contribution in [1.82, 2.24) is 25.8 Å². The lowest BCUT2D eigenvalue weighted by molar-refractivity contribution is -0.143. The third-order valence-electron chi connectivity index (χ3n) is 9.14. The van der Waals surface area contributed by atoms with Gasteiger partial charge in [0.2, 0.25) is 17.7 Å². The number of alkyl halides is 1. The second kappa shape index (κ2) is 13.8. The van der Waals surface area contributed by atoms with E-state index in [1.807, 2.05) is 19.1 Å². The van der Waals surface area contributed by atoms with Crippen molar-refractivity contribution < 1.29 is 18.8 Å². The summed E-state index contributed by atoms with van der Waals surface area (Å²) in [6.07, 6.45) is 9.55. The number of amides is 3. The molecule has 2 saturated heterocycles. The van der Waals surface area contributed by atoms with Gasteiger partial charge in [-0.15, -0.1) is 0 Å². The number of nitrogens with zero attached hydrogens (tertiary/aromatic N) is 2. The van der Waals surface area contributed by atoms with Gasteiger partial charge in [0.05, 0.1) is 12.1 Å². The Labute approximate surface area is 253 Å². The van der Waals surface area contributed by atoms with Gasteiger partial charge in [-0.1, -0.05) is 67.6 Å². The minimum Gasteiger partial charge on any atom is -0.358 e. The zero-order valence-electron chi connectivity index (χ0n) is 25.2. The summed E-state index contributed by atoms with van der Waals surface area (Å²) in [6, 6.07) is 12.5. The summed E-state index contributed by atoms with van der Waals surface area (Å²) in [4.78, 5) is 44.3. The molecule has 2 aliphatic heterocycles. The third-order valence-corrected chi connectivity index (χ3v) is 9.14. The molecule has 0 radical (unpaired) electrons. The summed E-state index contributed by atoms with van der Waals surface area (Å²) in [5.74, 6) is -0.575. The van der Waals surface area contributed by atoms with Crippen LogP contribution in [0.3, 0.4) is 0 Å². The molecule has 2 fully saturated rings. The minimum absolute atomic E-state index is 0.0616. The standard InChI is InChI=1S/C34H44FN5O3/c1-3-27-23-39(30(32(42)36-2)21-24-13-14-25-10-5-6-11-26(25)20-24)18-19-40(27)33(43)29(22-34(35)15-7-4-8-16-34)38-31(41)28-12-9-17-37-28/h4-8,10-11,13-15,20,27-30,37H,3,9,12,16-19,21-23H2,1-2H3,(H,36,42)(H,38,41). The molecule has 3 aliphatic rings. The smallest absolute Gasteiger partial charge is 0.245 e. The van der Waals surface area contributed by atoms with E-state index in [0.29, 0.717) is 38.9 Å². The molecule has 9 heteroatoms. The van der Waals surface area contributed by atoms with Gasteiger partial charge in [-0.3, -0.25) is 19.3 Å². The van der Waals surface area contributed by atoms with Crippen molar-refractivity contribution in [2.75, 3.05) is 33.2 Å². The number of carbonyl (C=O) groups excluding carboxylic acids is 3. The lowest BCUT2D eigenvalue weighted by atomic mass is 9.89. The minimum atomic E-state index is -1.71. The highest BCUT2D eigenvalue weighted by Crippen LogP contribution is 2.30. The van der Waals surface area contributed by atoms with Crippen molar-refractivity contribution in [2.45, 2.75) is 75.3 Å². The molecular formula is C34H44FN5O3. The van der Waals surface area contributed by atoms with E-state index in [1.54, 1.807) is 30.2 Å². The van der Waals surface area contributed by atoms with Crippen molar-refractivity contribution in [2.24, 2.45) is 0 Å². The fourth-order valence-electron chi connectivity index (χ4n) is 6.66. The number of halogens is 1. The van der Waals surface area contributed by atoms with Gasteiger partial charge in [0, 0.05) is 45.6 Å². The number of carbonyl (C=O) groups is 3. The molecular weight excluding hydrogens is 545 g/mol. The van der Waals surface area contributed by atoms with E-state index in [4.69, 9.17) is 0 Å². The molecule has 0 saturated carbocycles. The number of piperazine rings is 1. The van der Waals surface area contributed by atoms with E-state index in [1.165, 1.54) is 6.08 Å². The van der Waals surface area contributed by atoms with Crippen LogP contribution in [0.15, 0.2) is 66.8 Å². The predicted octanol–water partition coefficient (Wildman–Crippen LogP) is 3.27. The average Bonchev–Trinajstić information content (AvgIpc) is 3.58. The molecule has 8 nitrogen and oxygen atoms in total. The van der Waals surface area contributed by atoms with Gasteiger partial charge in [0.1, 0.15) is 11.7 Å². The highest BCUT2D eigenvalue weighted by atomic mass is 19.1. The first-order valence-electron chi connectivity index (χ1n) is 15.6. The summed E-state index contributed by atoms with van der Waals surface area (Å²) < 4.78 is 15.8. The van der Waals surface area contributed by atoms with Crippen LogP contribution in [-0.2, 0) is 20.8 Å². The van der Waals surface area contributed by atoms with E-state index in [2.05, 4.69) is 51.2 Å². The molecule has 5 unspecified atom stereocenters. The fraction of sp³-hybridized carbons (Fsp3) is 0.500. The van der Waals surface area contributed by atoms with Crippen LogP contribution in [0, 0.1) is 0 Å². The van der Waals surface area contributed by atoms with E-state index in [9.17, 15) is 14.4 Å². The quantitative estimate of drug-likeness (QED) is 0.396. The van der Waals surface area contributed by atoms with Gasteiger partial charge >= 0.3 is 0 Å². The molecule has 230 valence electrons. The molecule has 5 atom stereocenters. The van der Waals surface area contributed by atoms with Gasteiger partial charge in [-0.05, 0) is 54.6 Å². The number of benzene rings is 2. The number of hydrogen-bond acceptors (Lipinski definition) is 5. The molecule has 3 amide bonds. The molecule has 3 N–H and O–H groups in total. The Morgan fingerprint density at radius 3 is 2.63 bits per heavy atom. The fourth-order valence-corrected chi connectivity index (χ4v) is 6.66. The van der Waals surface area contributed by atoms with Crippen molar-refractivity contribution in [3.8, 4) is 0 Å². The lowest BCUT2D eigenvalue weighted by Gasteiger charge is -2.45. The van der Waals surface area contributed by atoms with Gasteiger partial charge in [-0.2, -0.15) is 0 Å². The molecule has 2 aromatic carbocycles. The van der Waals surface area contributed by atoms with Crippen LogP contribution in [0.5, 0.6) is 0 Å². The Bertz CT molecular complexity index is 1370. The SMILES string of the molecule is CCC1CN(C(Cc2ccc3ccccc3c2)C(=O)NC)CCN1C(=O)C(CC1(F)C=CC=CC1)NC(=O)C1CCCN1. The molecule has 0 spiro atoms. The Hall–Kier alpha value is -3.56. The van der Waals surface area contributed by atoms with Crippen LogP contribution in [0.2, 0.25) is 0 Å². The van der Waals surface area contributed by atoms with Gasteiger partial charge in [0.25, 0.3) is 0 Å². The Morgan fingerprint density at radius 2 is 1.93 bits per heavy atom. The van der Waals surface area contributed by atoms with Crippen molar-refractivity contribution in [3.63, 3.8) is 0 Å². The number of nitrogens with one attached hydrogen (secondary N) is 3.